The van der Waals surface area contributed by atoms with Gasteiger partial charge >= 0.3 is 0 Å². The molecule has 0 bridgehead atoms. The number of amides is 1. The van der Waals surface area contributed by atoms with E-state index in [0.29, 0.717) is 54.0 Å². The van der Waals surface area contributed by atoms with Crippen LogP contribution in [0, 0.1) is 6.92 Å². The number of aryl methyl sites for hydroxylation is 1. The van der Waals surface area contributed by atoms with E-state index in [4.69, 9.17) is 5.73 Å². The average molecular weight is 535 g/mol. The van der Waals surface area contributed by atoms with Crippen LogP contribution in [-0.4, -0.2) is 61.9 Å². The summed E-state index contributed by atoms with van der Waals surface area (Å²) in [5.41, 5.74) is 10.4. The Bertz CT molecular complexity index is 1440. The number of benzene rings is 1. The highest BCUT2D eigenvalue weighted by Crippen LogP contribution is 2.39. The second-order valence-electron chi connectivity index (χ2n) is 10.8. The van der Waals surface area contributed by atoms with E-state index >= 15 is 0 Å². The van der Waals surface area contributed by atoms with E-state index in [-0.39, 0.29) is 24.8 Å². The van der Waals surface area contributed by atoms with Crippen molar-refractivity contribution in [3.8, 4) is 5.69 Å². The Morgan fingerprint density at radius 3 is 2.67 bits per heavy atom. The highest BCUT2D eigenvalue weighted by molar-refractivity contribution is 6.08. The van der Waals surface area contributed by atoms with Crippen LogP contribution in [0.4, 0.5) is 20.3 Å². The predicted molar refractivity (Wildman–Crippen MR) is 145 cm³/mol. The van der Waals surface area contributed by atoms with Gasteiger partial charge in [0.25, 0.3) is 5.91 Å². The van der Waals surface area contributed by atoms with Crippen molar-refractivity contribution in [3.63, 3.8) is 0 Å². The Morgan fingerprint density at radius 1 is 1.15 bits per heavy atom. The summed E-state index contributed by atoms with van der Waals surface area (Å²) >= 11 is 0. The van der Waals surface area contributed by atoms with Gasteiger partial charge in [-0.15, -0.1) is 0 Å². The SMILES string of the molecule is Cc1cc(N)c(C(=O)Nc2cccc(C3=NN(C)CN3C3CCC(F)(F)CC3)n2)cc1-n1cnc(C2CC2)c1. The number of carbonyl (C=O) groups is 1. The van der Waals surface area contributed by atoms with Crippen molar-refractivity contribution in [2.45, 2.75) is 63.3 Å². The largest absolute Gasteiger partial charge is 0.398 e. The Labute approximate surface area is 225 Å². The molecule has 3 heterocycles. The van der Waals surface area contributed by atoms with Crippen molar-refractivity contribution in [1.29, 1.82) is 0 Å². The van der Waals surface area contributed by atoms with Crippen LogP contribution in [-0.2, 0) is 0 Å². The summed E-state index contributed by atoms with van der Waals surface area (Å²) in [5.74, 6) is -1.48. The number of nitrogens with two attached hydrogens (primary N) is 1. The third-order valence-corrected chi connectivity index (χ3v) is 7.73. The molecule has 3 aliphatic rings. The van der Waals surface area contributed by atoms with Gasteiger partial charge in [-0.05, 0) is 62.4 Å². The Kier molecular flexibility index (Phi) is 6.23. The monoisotopic (exact) mass is 534 g/mol. The number of amidine groups is 1. The van der Waals surface area contributed by atoms with Gasteiger partial charge < -0.3 is 20.5 Å². The summed E-state index contributed by atoms with van der Waals surface area (Å²) in [4.78, 5) is 24.5. The number of anilines is 2. The molecular formula is C28H32F2N8O. The molecule has 1 aliphatic heterocycles. The maximum Gasteiger partial charge on any atom is 0.258 e. The zero-order chi connectivity index (χ0) is 27.3. The molecule has 0 radical (unpaired) electrons. The summed E-state index contributed by atoms with van der Waals surface area (Å²) in [5, 5.41) is 9.24. The molecule has 39 heavy (non-hydrogen) atoms. The van der Waals surface area contributed by atoms with Gasteiger partial charge in [0.15, 0.2) is 5.84 Å². The lowest BCUT2D eigenvalue weighted by Gasteiger charge is -2.35. The lowest BCUT2D eigenvalue weighted by Crippen LogP contribution is -2.44. The number of nitrogens with zero attached hydrogens (tertiary/aromatic N) is 6. The molecule has 2 fully saturated rings. The molecule has 0 saturated heterocycles. The molecule has 11 heteroatoms. The summed E-state index contributed by atoms with van der Waals surface area (Å²) in [7, 11) is 1.84. The number of halogens is 2. The number of rotatable bonds is 6. The van der Waals surface area contributed by atoms with Gasteiger partial charge in [-0.3, -0.25) is 9.80 Å². The highest BCUT2D eigenvalue weighted by atomic mass is 19.3. The van der Waals surface area contributed by atoms with Crippen LogP contribution < -0.4 is 11.1 Å². The van der Waals surface area contributed by atoms with Crippen LogP contribution in [0.1, 0.15) is 71.8 Å². The van der Waals surface area contributed by atoms with E-state index in [0.717, 1.165) is 29.8 Å². The van der Waals surface area contributed by atoms with Crippen molar-refractivity contribution in [2.24, 2.45) is 5.10 Å². The third kappa shape index (κ3) is 5.17. The van der Waals surface area contributed by atoms with Crippen LogP contribution in [0.2, 0.25) is 0 Å². The van der Waals surface area contributed by atoms with E-state index in [9.17, 15) is 13.6 Å². The van der Waals surface area contributed by atoms with Crippen LogP contribution in [0.3, 0.4) is 0 Å². The molecule has 2 aromatic heterocycles. The lowest BCUT2D eigenvalue weighted by atomic mass is 9.91. The second kappa shape index (κ2) is 9.62. The first-order chi connectivity index (χ1) is 18.7. The van der Waals surface area contributed by atoms with Crippen molar-refractivity contribution in [1.82, 2.24) is 24.4 Å². The van der Waals surface area contributed by atoms with Crippen molar-refractivity contribution < 1.29 is 13.6 Å². The molecule has 1 aromatic carbocycles. The van der Waals surface area contributed by atoms with Crippen molar-refractivity contribution in [2.75, 3.05) is 24.8 Å². The van der Waals surface area contributed by atoms with Gasteiger partial charge in [-0.1, -0.05) is 6.07 Å². The van der Waals surface area contributed by atoms with Gasteiger partial charge in [-0.25, -0.2) is 18.7 Å². The minimum absolute atomic E-state index is 0.0391. The van der Waals surface area contributed by atoms with Crippen LogP contribution in [0.25, 0.3) is 5.69 Å². The van der Waals surface area contributed by atoms with E-state index in [1.807, 2.05) is 35.7 Å². The number of hydrazone groups is 1. The predicted octanol–water partition coefficient (Wildman–Crippen LogP) is 4.73. The van der Waals surface area contributed by atoms with E-state index in [2.05, 4.69) is 20.4 Å². The fraction of sp³-hybridized carbons (Fsp3) is 0.429. The van der Waals surface area contributed by atoms with Gasteiger partial charge in [0.2, 0.25) is 5.92 Å². The Morgan fingerprint density at radius 2 is 1.92 bits per heavy atom. The molecule has 9 nitrogen and oxygen atoms in total. The standard InChI is InChI=1S/C28H32F2N8O/c1-17-12-21(31)20(13-24(17)37-14-23(32-15-37)18-6-7-18)27(39)34-25-5-3-4-22(33-25)26-35-36(2)16-38(26)19-8-10-28(29,30)11-9-19/h3-5,12-15,18-19H,6-11,16,31H2,1-2H3,(H,33,34,39). The fourth-order valence-electron chi connectivity index (χ4n) is 5.43. The molecule has 3 N–H and O–H groups in total. The molecular weight excluding hydrogens is 502 g/mol. The van der Waals surface area contributed by atoms with Crippen LogP contribution in [0.15, 0.2) is 48.0 Å². The Hall–Kier alpha value is -4.02. The molecule has 0 atom stereocenters. The maximum absolute atomic E-state index is 13.8. The molecule has 3 aromatic rings. The average Bonchev–Trinajstić information content (AvgIpc) is 3.50. The summed E-state index contributed by atoms with van der Waals surface area (Å²) in [6.45, 7) is 2.46. The van der Waals surface area contributed by atoms with Crippen LogP contribution in [0.5, 0.6) is 0 Å². The lowest BCUT2D eigenvalue weighted by molar-refractivity contribution is -0.0486. The van der Waals surface area contributed by atoms with E-state index < -0.39 is 5.92 Å². The van der Waals surface area contributed by atoms with Gasteiger partial charge in [0.1, 0.15) is 18.2 Å². The molecule has 0 unspecified atom stereocenters. The second-order valence-corrected chi connectivity index (χ2v) is 10.8. The first kappa shape index (κ1) is 25.3. The highest BCUT2D eigenvalue weighted by Gasteiger charge is 2.39. The fourth-order valence-corrected chi connectivity index (χ4v) is 5.43. The van der Waals surface area contributed by atoms with E-state index in [1.54, 1.807) is 35.6 Å². The normalized spacial score (nSPS) is 19.3. The molecule has 2 aliphatic carbocycles. The zero-order valence-electron chi connectivity index (χ0n) is 22.1. The molecule has 2 saturated carbocycles. The summed E-state index contributed by atoms with van der Waals surface area (Å²) in [6.07, 6.45) is 6.64. The summed E-state index contributed by atoms with van der Waals surface area (Å²) < 4.78 is 29.4. The first-order valence-corrected chi connectivity index (χ1v) is 13.3. The number of pyridine rings is 1. The number of hydrogen-bond donors (Lipinski definition) is 2. The smallest absolute Gasteiger partial charge is 0.258 e. The van der Waals surface area contributed by atoms with Crippen molar-refractivity contribution in [3.05, 3.63) is 65.4 Å². The number of hydrogen-bond acceptors (Lipinski definition) is 7. The number of carbonyl (C=O) groups excluding carboxylic acids is 1. The van der Waals surface area contributed by atoms with Gasteiger partial charge in [-0.2, -0.15) is 5.10 Å². The quantitative estimate of drug-likeness (QED) is 0.443. The molecule has 0 spiro atoms. The number of alkyl halides is 2. The topological polar surface area (TPSA) is 105 Å². The van der Waals surface area contributed by atoms with Gasteiger partial charge in [0.05, 0.1) is 23.3 Å². The Balaban J connectivity index is 1.22. The number of imidazole rings is 1. The zero-order valence-corrected chi connectivity index (χ0v) is 22.1. The molecule has 204 valence electrons. The number of aromatic nitrogens is 3. The minimum Gasteiger partial charge on any atom is -0.398 e. The van der Waals surface area contributed by atoms with Gasteiger partial charge in [0, 0.05) is 43.7 Å². The number of nitrogens with one attached hydrogen (secondary N) is 1. The maximum atomic E-state index is 13.8. The number of nitrogen functional groups attached to an aromatic ring is 1. The van der Waals surface area contributed by atoms with E-state index in [1.165, 1.54) is 0 Å². The molecule has 6 rings (SSSR count). The van der Waals surface area contributed by atoms with Crippen molar-refractivity contribution >= 4 is 23.2 Å². The van der Waals surface area contributed by atoms with Crippen LogP contribution >= 0.6 is 0 Å². The summed E-state index contributed by atoms with van der Waals surface area (Å²) in [6, 6.07) is 8.84. The first-order valence-electron chi connectivity index (χ1n) is 13.3. The third-order valence-electron chi connectivity index (χ3n) is 7.73. The molecule has 1 amide bonds. The minimum atomic E-state index is -2.60.